The Bertz CT molecular complexity index is 192. The molecule has 0 aliphatic carbocycles. The summed E-state index contributed by atoms with van der Waals surface area (Å²) in [6.07, 6.45) is 2.21. The van der Waals surface area contributed by atoms with Crippen molar-refractivity contribution in [3.63, 3.8) is 0 Å². The predicted octanol–water partition coefficient (Wildman–Crippen LogP) is 1.49. The van der Waals surface area contributed by atoms with E-state index in [9.17, 15) is 4.79 Å². The van der Waals surface area contributed by atoms with Gasteiger partial charge in [0.05, 0.1) is 0 Å². The van der Waals surface area contributed by atoms with Crippen molar-refractivity contribution >= 4 is 17.7 Å². The molecule has 0 spiro atoms. The molecule has 3 nitrogen and oxygen atoms in total. The van der Waals surface area contributed by atoms with Crippen molar-refractivity contribution in [2.24, 2.45) is 5.73 Å². The summed E-state index contributed by atoms with van der Waals surface area (Å²) in [6.45, 7) is 3.86. The normalized spacial score (nSPS) is 14.2. The van der Waals surface area contributed by atoms with E-state index in [0.29, 0.717) is 0 Å². The Morgan fingerprint density at radius 1 is 1.69 bits per heavy atom. The molecule has 76 valence electrons. The minimum absolute atomic E-state index is 0.225. The zero-order valence-corrected chi connectivity index (χ0v) is 8.93. The van der Waals surface area contributed by atoms with Crippen LogP contribution >= 0.6 is 11.8 Å². The maximum absolute atomic E-state index is 10.3. The van der Waals surface area contributed by atoms with E-state index in [1.807, 2.05) is 13.8 Å². The molecule has 0 aromatic rings. The van der Waals surface area contributed by atoms with Crippen LogP contribution in [0.4, 0.5) is 0 Å². The van der Waals surface area contributed by atoms with Crippen LogP contribution in [0, 0.1) is 0 Å². The van der Waals surface area contributed by atoms with Gasteiger partial charge in [-0.1, -0.05) is 12.5 Å². The molecular formula is C9H17NO2S. The molecule has 0 aliphatic rings. The number of carboxylic acid groups (broad SMARTS) is 1. The van der Waals surface area contributed by atoms with Crippen molar-refractivity contribution in [1.29, 1.82) is 0 Å². The molecule has 0 saturated carbocycles. The van der Waals surface area contributed by atoms with E-state index in [1.165, 1.54) is 6.08 Å². The fourth-order valence-electron chi connectivity index (χ4n) is 0.742. The lowest BCUT2D eigenvalue weighted by Gasteiger charge is -2.07. The smallest absolute Gasteiger partial charge is 0.328 e. The topological polar surface area (TPSA) is 63.3 Å². The Labute approximate surface area is 83.4 Å². The van der Waals surface area contributed by atoms with Gasteiger partial charge in [0.25, 0.3) is 0 Å². The van der Waals surface area contributed by atoms with Gasteiger partial charge in [-0.2, -0.15) is 11.8 Å². The lowest BCUT2D eigenvalue weighted by molar-refractivity contribution is -0.131. The van der Waals surface area contributed by atoms with Crippen LogP contribution in [0.1, 0.15) is 20.3 Å². The van der Waals surface area contributed by atoms with Gasteiger partial charge >= 0.3 is 5.97 Å². The second-order valence-corrected chi connectivity index (χ2v) is 4.04. The monoisotopic (exact) mass is 203 g/mol. The number of carbonyl (C=O) groups is 1. The number of carboxylic acids is 1. The molecule has 0 amide bonds. The summed E-state index contributed by atoms with van der Waals surface area (Å²) >= 11 is 1.68. The summed E-state index contributed by atoms with van der Waals surface area (Å²) in [7, 11) is 0. The zero-order chi connectivity index (χ0) is 10.3. The Balaban J connectivity index is 3.59. The molecule has 0 radical (unpaired) electrons. The minimum atomic E-state index is -0.877. The van der Waals surface area contributed by atoms with Gasteiger partial charge in [-0.05, 0) is 13.3 Å². The number of rotatable bonds is 6. The average molecular weight is 203 g/mol. The number of hydrogen-bond donors (Lipinski definition) is 2. The highest BCUT2D eigenvalue weighted by molar-refractivity contribution is 7.99. The van der Waals surface area contributed by atoms with Gasteiger partial charge in [-0.25, -0.2) is 4.79 Å². The van der Waals surface area contributed by atoms with Crippen LogP contribution in [0.15, 0.2) is 11.6 Å². The van der Waals surface area contributed by atoms with Crippen LogP contribution in [0.25, 0.3) is 0 Å². The summed E-state index contributed by atoms with van der Waals surface area (Å²) < 4.78 is 0. The molecule has 0 rings (SSSR count). The third-order valence-corrected chi connectivity index (χ3v) is 2.88. The average Bonchev–Trinajstić information content (AvgIpc) is 2.02. The minimum Gasteiger partial charge on any atom is -0.478 e. The number of hydrogen-bond acceptors (Lipinski definition) is 3. The predicted molar refractivity (Wildman–Crippen MR) is 57.0 cm³/mol. The van der Waals surface area contributed by atoms with Crippen LogP contribution < -0.4 is 5.73 Å². The molecule has 0 aliphatic heterocycles. The standard InChI is InChI=1S/C9H17NO2S/c1-3-8(10)6-13-5-7(2)4-9(11)12/h4,8H,3,5-6,10H2,1-2H3,(H,11,12). The lowest BCUT2D eigenvalue weighted by atomic mass is 10.3. The van der Waals surface area contributed by atoms with Crippen molar-refractivity contribution in [2.45, 2.75) is 26.3 Å². The third-order valence-electron chi connectivity index (χ3n) is 1.56. The van der Waals surface area contributed by atoms with E-state index in [2.05, 4.69) is 0 Å². The lowest BCUT2D eigenvalue weighted by Crippen LogP contribution is -2.21. The molecule has 1 unspecified atom stereocenters. The first-order valence-electron chi connectivity index (χ1n) is 4.29. The maximum atomic E-state index is 10.3. The molecular weight excluding hydrogens is 186 g/mol. The Kier molecular flexibility index (Phi) is 6.72. The summed E-state index contributed by atoms with van der Waals surface area (Å²) in [6, 6.07) is 0.225. The first-order chi connectivity index (χ1) is 6.06. The molecule has 0 heterocycles. The van der Waals surface area contributed by atoms with Crippen molar-refractivity contribution < 1.29 is 9.90 Å². The molecule has 0 bridgehead atoms. The molecule has 0 saturated heterocycles. The molecule has 4 heteroatoms. The van der Waals surface area contributed by atoms with Gasteiger partial charge in [0.1, 0.15) is 0 Å². The first-order valence-corrected chi connectivity index (χ1v) is 5.45. The highest BCUT2D eigenvalue weighted by Crippen LogP contribution is 2.09. The van der Waals surface area contributed by atoms with Gasteiger partial charge in [-0.3, -0.25) is 0 Å². The SMILES string of the molecule is CCC(N)CSCC(C)=CC(=O)O. The van der Waals surface area contributed by atoms with E-state index in [4.69, 9.17) is 10.8 Å². The second-order valence-electron chi connectivity index (χ2n) is 3.01. The number of nitrogens with two attached hydrogens (primary N) is 1. The molecule has 0 aromatic carbocycles. The second kappa shape index (κ2) is 6.97. The van der Waals surface area contributed by atoms with E-state index in [0.717, 1.165) is 23.5 Å². The number of thioether (sulfide) groups is 1. The fraction of sp³-hybridized carbons (Fsp3) is 0.667. The zero-order valence-electron chi connectivity index (χ0n) is 8.12. The van der Waals surface area contributed by atoms with E-state index < -0.39 is 5.97 Å². The fourth-order valence-corrected chi connectivity index (χ4v) is 1.80. The summed E-state index contributed by atoms with van der Waals surface area (Å²) in [4.78, 5) is 10.3. The molecule has 1 atom stereocenters. The van der Waals surface area contributed by atoms with Gasteiger partial charge in [0, 0.05) is 23.6 Å². The highest BCUT2D eigenvalue weighted by atomic mass is 32.2. The summed E-state index contributed by atoms with van der Waals surface area (Å²) in [5.74, 6) is 0.763. The molecule has 0 fully saturated rings. The van der Waals surface area contributed by atoms with Crippen LogP contribution in [0.3, 0.4) is 0 Å². The Morgan fingerprint density at radius 2 is 2.31 bits per heavy atom. The largest absolute Gasteiger partial charge is 0.478 e. The van der Waals surface area contributed by atoms with Crippen LogP contribution in [0.5, 0.6) is 0 Å². The highest BCUT2D eigenvalue weighted by Gasteiger charge is 2.00. The quantitative estimate of drug-likeness (QED) is 0.642. The Morgan fingerprint density at radius 3 is 2.77 bits per heavy atom. The molecule has 13 heavy (non-hydrogen) atoms. The van der Waals surface area contributed by atoms with Crippen LogP contribution in [-0.4, -0.2) is 28.6 Å². The van der Waals surface area contributed by atoms with Crippen molar-refractivity contribution in [3.8, 4) is 0 Å². The van der Waals surface area contributed by atoms with E-state index >= 15 is 0 Å². The first kappa shape index (κ1) is 12.5. The summed E-state index contributed by atoms with van der Waals surface area (Å²) in [5, 5.41) is 8.43. The molecule has 0 aromatic heterocycles. The third kappa shape index (κ3) is 7.87. The van der Waals surface area contributed by atoms with Crippen molar-refractivity contribution in [1.82, 2.24) is 0 Å². The molecule has 3 N–H and O–H groups in total. The van der Waals surface area contributed by atoms with E-state index in [-0.39, 0.29) is 6.04 Å². The summed E-state index contributed by atoms with van der Waals surface area (Å²) in [5.41, 5.74) is 6.58. The van der Waals surface area contributed by atoms with Gasteiger partial charge in [0.15, 0.2) is 0 Å². The van der Waals surface area contributed by atoms with Crippen molar-refractivity contribution in [2.75, 3.05) is 11.5 Å². The van der Waals surface area contributed by atoms with Gasteiger partial charge in [0.2, 0.25) is 0 Å². The van der Waals surface area contributed by atoms with Crippen LogP contribution in [-0.2, 0) is 4.79 Å². The Hall–Kier alpha value is -0.480. The number of aliphatic carboxylic acids is 1. The maximum Gasteiger partial charge on any atom is 0.328 e. The van der Waals surface area contributed by atoms with Crippen molar-refractivity contribution in [3.05, 3.63) is 11.6 Å². The van der Waals surface area contributed by atoms with E-state index in [1.54, 1.807) is 11.8 Å². The van der Waals surface area contributed by atoms with Gasteiger partial charge < -0.3 is 10.8 Å². The van der Waals surface area contributed by atoms with Crippen LogP contribution in [0.2, 0.25) is 0 Å². The van der Waals surface area contributed by atoms with Gasteiger partial charge in [-0.15, -0.1) is 0 Å².